The molecule has 0 aliphatic heterocycles. The second-order valence-electron chi connectivity index (χ2n) is 5.43. The van der Waals surface area contributed by atoms with E-state index in [-0.39, 0.29) is 17.5 Å². The lowest BCUT2D eigenvalue weighted by molar-refractivity contribution is 0.102. The number of anilines is 2. The van der Waals surface area contributed by atoms with E-state index in [1.54, 1.807) is 36.4 Å². The summed E-state index contributed by atoms with van der Waals surface area (Å²) in [7, 11) is 4.46. The summed E-state index contributed by atoms with van der Waals surface area (Å²) in [4.78, 5) is 24.3. The fourth-order valence-electron chi connectivity index (χ4n) is 2.42. The second-order valence-corrected chi connectivity index (χ2v) is 5.43. The van der Waals surface area contributed by atoms with Crippen molar-refractivity contribution in [1.29, 1.82) is 0 Å². The number of urea groups is 1. The maximum Gasteiger partial charge on any atom is 0.319 e. The van der Waals surface area contributed by atoms with Crippen LogP contribution in [-0.2, 0) is 0 Å². The zero-order chi connectivity index (χ0) is 19.8. The Bertz CT molecular complexity index is 823. The van der Waals surface area contributed by atoms with E-state index in [1.165, 1.54) is 21.3 Å². The maximum absolute atomic E-state index is 12.7. The number of benzene rings is 2. The summed E-state index contributed by atoms with van der Waals surface area (Å²) >= 11 is 0. The highest BCUT2D eigenvalue weighted by atomic mass is 16.5. The Kier molecular flexibility index (Phi) is 6.87. The van der Waals surface area contributed by atoms with E-state index in [0.717, 1.165) is 0 Å². The van der Waals surface area contributed by atoms with E-state index in [0.29, 0.717) is 35.2 Å². The number of hydrogen-bond acceptors (Lipinski definition) is 5. The third-order valence-electron chi connectivity index (χ3n) is 3.67. The molecular weight excluding hydrogens is 350 g/mol. The van der Waals surface area contributed by atoms with E-state index in [9.17, 15) is 9.59 Å². The predicted molar refractivity (Wildman–Crippen MR) is 103 cm³/mol. The van der Waals surface area contributed by atoms with Crippen molar-refractivity contribution in [3.63, 3.8) is 0 Å². The first-order valence-corrected chi connectivity index (χ1v) is 8.28. The summed E-state index contributed by atoms with van der Waals surface area (Å²) in [6.07, 6.45) is 0. The van der Waals surface area contributed by atoms with E-state index in [4.69, 9.17) is 14.2 Å². The van der Waals surface area contributed by atoms with Crippen LogP contribution in [0.4, 0.5) is 16.2 Å². The van der Waals surface area contributed by atoms with E-state index >= 15 is 0 Å². The maximum atomic E-state index is 12.7. The van der Waals surface area contributed by atoms with Crippen LogP contribution in [0, 0.1) is 0 Å². The van der Waals surface area contributed by atoms with Gasteiger partial charge in [0.15, 0.2) is 11.5 Å². The molecule has 8 heteroatoms. The van der Waals surface area contributed by atoms with E-state index in [2.05, 4.69) is 16.0 Å². The van der Waals surface area contributed by atoms with Crippen LogP contribution in [0.3, 0.4) is 0 Å². The minimum atomic E-state index is -0.386. The smallest absolute Gasteiger partial charge is 0.319 e. The molecule has 27 heavy (non-hydrogen) atoms. The molecule has 0 spiro atoms. The third kappa shape index (κ3) is 5.04. The molecule has 0 heterocycles. The Hall–Kier alpha value is -3.42. The van der Waals surface area contributed by atoms with Crippen LogP contribution in [0.25, 0.3) is 0 Å². The van der Waals surface area contributed by atoms with Gasteiger partial charge in [0, 0.05) is 30.1 Å². The normalized spacial score (nSPS) is 9.93. The summed E-state index contributed by atoms with van der Waals surface area (Å²) in [6.45, 7) is 2.34. The van der Waals surface area contributed by atoms with Crippen molar-refractivity contribution in [3.8, 4) is 17.2 Å². The summed E-state index contributed by atoms with van der Waals surface area (Å²) in [5, 5.41) is 8.11. The summed E-state index contributed by atoms with van der Waals surface area (Å²) in [6, 6.07) is 9.63. The molecule has 0 atom stereocenters. The molecule has 0 aromatic heterocycles. The quantitative estimate of drug-likeness (QED) is 0.693. The van der Waals surface area contributed by atoms with Gasteiger partial charge in [0.1, 0.15) is 5.75 Å². The first-order valence-electron chi connectivity index (χ1n) is 8.28. The van der Waals surface area contributed by atoms with Crippen LogP contribution < -0.4 is 30.2 Å². The number of carbonyl (C=O) groups is 2. The molecule has 0 aliphatic carbocycles. The Morgan fingerprint density at radius 1 is 0.852 bits per heavy atom. The molecule has 0 fully saturated rings. The fraction of sp³-hybridized carbons (Fsp3) is 0.263. The number of hydrogen-bond donors (Lipinski definition) is 3. The molecule has 144 valence electrons. The molecule has 0 unspecified atom stereocenters. The van der Waals surface area contributed by atoms with Gasteiger partial charge >= 0.3 is 6.03 Å². The molecule has 2 aromatic carbocycles. The lowest BCUT2D eigenvalue weighted by Gasteiger charge is -2.14. The van der Waals surface area contributed by atoms with Crippen molar-refractivity contribution in [2.75, 3.05) is 38.5 Å². The second kappa shape index (κ2) is 9.33. The van der Waals surface area contributed by atoms with Gasteiger partial charge in [0.05, 0.1) is 26.9 Å². The Morgan fingerprint density at radius 2 is 1.44 bits per heavy atom. The highest BCUT2D eigenvalue weighted by Gasteiger charge is 2.18. The summed E-state index contributed by atoms with van der Waals surface area (Å²) in [5.41, 5.74) is 1.36. The van der Waals surface area contributed by atoms with E-state index < -0.39 is 0 Å². The van der Waals surface area contributed by atoms with Gasteiger partial charge < -0.3 is 30.2 Å². The van der Waals surface area contributed by atoms with Crippen LogP contribution in [0.15, 0.2) is 36.4 Å². The van der Waals surface area contributed by atoms with E-state index in [1.807, 2.05) is 6.92 Å². The lowest BCUT2D eigenvalue weighted by atomic mass is 10.1. The highest BCUT2D eigenvalue weighted by molar-refractivity contribution is 6.07. The molecule has 0 saturated carbocycles. The van der Waals surface area contributed by atoms with Gasteiger partial charge in [0.25, 0.3) is 5.91 Å². The molecule has 0 radical (unpaired) electrons. The van der Waals surface area contributed by atoms with Crippen LogP contribution >= 0.6 is 0 Å². The average molecular weight is 373 g/mol. The van der Waals surface area contributed by atoms with Gasteiger partial charge in [0.2, 0.25) is 0 Å². The molecule has 8 nitrogen and oxygen atoms in total. The molecular formula is C19H23N3O5. The van der Waals surface area contributed by atoms with Crippen molar-refractivity contribution in [2.24, 2.45) is 0 Å². The van der Waals surface area contributed by atoms with Crippen molar-refractivity contribution < 1.29 is 23.8 Å². The van der Waals surface area contributed by atoms with Gasteiger partial charge in [-0.3, -0.25) is 4.79 Å². The molecule has 3 amide bonds. The summed E-state index contributed by atoms with van der Waals surface area (Å²) < 4.78 is 15.8. The Morgan fingerprint density at radius 3 is 2.04 bits per heavy atom. The van der Waals surface area contributed by atoms with Crippen molar-refractivity contribution in [1.82, 2.24) is 5.32 Å². The lowest BCUT2D eigenvalue weighted by Crippen LogP contribution is -2.28. The first-order chi connectivity index (χ1) is 13.0. The minimum Gasteiger partial charge on any atom is -0.496 e. The van der Waals surface area contributed by atoms with Gasteiger partial charge in [-0.25, -0.2) is 4.79 Å². The number of methoxy groups -OCH3 is 3. The molecule has 3 N–H and O–H groups in total. The Balaban J connectivity index is 2.23. The summed E-state index contributed by atoms with van der Waals surface area (Å²) in [5.74, 6) is 0.832. The molecule has 0 bridgehead atoms. The van der Waals surface area contributed by atoms with Crippen molar-refractivity contribution in [3.05, 3.63) is 42.0 Å². The molecule has 2 aromatic rings. The largest absolute Gasteiger partial charge is 0.496 e. The van der Waals surface area contributed by atoms with Crippen molar-refractivity contribution >= 4 is 23.3 Å². The molecule has 2 rings (SSSR count). The topological polar surface area (TPSA) is 97.9 Å². The van der Waals surface area contributed by atoms with Gasteiger partial charge in [-0.15, -0.1) is 0 Å². The Labute approximate surface area is 157 Å². The van der Waals surface area contributed by atoms with Crippen LogP contribution in [0.5, 0.6) is 17.2 Å². The van der Waals surface area contributed by atoms with Gasteiger partial charge in [-0.1, -0.05) is 6.07 Å². The third-order valence-corrected chi connectivity index (χ3v) is 3.67. The van der Waals surface area contributed by atoms with Crippen molar-refractivity contribution in [2.45, 2.75) is 6.92 Å². The fourth-order valence-corrected chi connectivity index (χ4v) is 2.42. The number of rotatable bonds is 7. The number of nitrogens with one attached hydrogen (secondary N) is 3. The zero-order valence-corrected chi connectivity index (χ0v) is 15.7. The van der Waals surface area contributed by atoms with Crippen LogP contribution in [-0.4, -0.2) is 39.8 Å². The number of ether oxygens (including phenoxy) is 3. The first kappa shape index (κ1) is 19.9. The van der Waals surface area contributed by atoms with Crippen LogP contribution in [0.1, 0.15) is 17.3 Å². The molecule has 0 aliphatic rings. The highest BCUT2D eigenvalue weighted by Crippen LogP contribution is 2.35. The predicted octanol–water partition coefficient (Wildman–Crippen LogP) is 3.11. The van der Waals surface area contributed by atoms with Gasteiger partial charge in [-0.2, -0.15) is 0 Å². The SMILES string of the molecule is CCNC(=O)Nc1cccc(NC(=O)c2cc(OC)c(OC)cc2OC)c1. The monoisotopic (exact) mass is 373 g/mol. The number of carbonyl (C=O) groups excluding carboxylic acids is 2. The number of amides is 3. The zero-order valence-electron chi connectivity index (χ0n) is 15.7. The minimum absolute atomic E-state index is 0.289. The van der Waals surface area contributed by atoms with Crippen LogP contribution in [0.2, 0.25) is 0 Å². The average Bonchev–Trinajstić information content (AvgIpc) is 2.67. The standard InChI is InChI=1S/C19H23N3O5/c1-5-20-19(24)22-13-8-6-7-12(9-13)21-18(23)14-10-16(26-3)17(27-4)11-15(14)25-2/h6-11H,5H2,1-4H3,(H,21,23)(H2,20,22,24). The molecule has 0 saturated heterocycles. The van der Waals surface area contributed by atoms with Gasteiger partial charge in [-0.05, 0) is 25.1 Å².